The van der Waals surface area contributed by atoms with Crippen molar-refractivity contribution in [1.82, 2.24) is 10.2 Å². The van der Waals surface area contributed by atoms with Gasteiger partial charge in [0, 0.05) is 25.2 Å². The van der Waals surface area contributed by atoms with Gasteiger partial charge in [-0.2, -0.15) is 5.26 Å². The number of piperidine rings is 1. The molecule has 1 atom stereocenters. The molecule has 2 aromatic carbocycles. The number of amides is 2. The van der Waals surface area contributed by atoms with Gasteiger partial charge in [-0.15, -0.1) is 0 Å². The van der Waals surface area contributed by atoms with Crippen LogP contribution in [0.15, 0.2) is 48.5 Å². The van der Waals surface area contributed by atoms with Gasteiger partial charge < -0.3 is 16.0 Å². The van der Waals surface area contributed by atoms with Crippen molar-refractivity contribution < 1.29 is 9.59 Å². The molecule has 28 heavy (non-hydrogen) atoms. The first-order chi connectivity index (χ1) is 13.6. The summed E-state index contributed by atoms with van der Waals surface area (Å²) in [5, 5.41) is 12.2. The molecule has 2 amide bonds. The van der Waals surface area contributed by atoms with Crippen LogP contribution in [0, 0.1) is 17.2 Å². The Morgan fingerprint density at radius 1 is 1.18 bits per heavy atom. The molecule has 0 radical (unpaired) electrons. The van der Waals surface area contributed by atoms with Crippen molar-refractivity contribution in [3.8, 4) is 17.2 Å². The van der Waals surface area contributed by atoms with Gasteiger partial charge in [0.25, 0.3) is 5.91 Å². The molecule has 6 nitrogen and oxygen atoms in total. The lowest BCUT2D eigenvalue weighted by molar-refractivity contribution is -0.123. The van der Waals surface area contributed by atoms with Crippen molar-refractivity contribution >= 4 is 11.8 Å². The van der Waals surface area contributed by atoms with Crippen molar-refractivity contribution in [2.45, 2.75) is 12.8 Å². The van der Waals surface area contributed by atoms with Crippen LogP contribution in [0.25, 0.3) is 11.1 Å². The maximum Gasteiger partial charge on any atom is 0.251 e. The fraction of sp³-hybridized carbons (Fsp3) is 0.318. The van der Waals surface area contributed by atoms with Gasteiger partial charge >= 0.3 is 0 Å². The number of nitrogens with zero attached hydrogens (tertiary/aromatic N) is 2. The Morgan fingerprint density at radius 3 is 2.64 bits per heavy atom. The monoisotopic (exact) mass is 376 g/mol. The van der Waals surface area contributed by atoms with Gasteiger partial charge in [-0.05, 0) is 48.7 Å². The fourth-order valence-corrected chi connectivity index (χ4v) is 3.55. The van der Waals surface area contributed by atoms with Gasteiger partial charge in [0.1, 0.15) is 0 Å². The van der Waals surface area contributed by atoms with Crippen LogP contribution in [0.3, 0.4) is 0 Å². The second-order valence-corrected chi connectivity index (χ2v) is 7.03. The smallest absolute Gasteiger partial charge is 0.251 e. The van der Waals surface area contributed by atoms with E-state index in [1.54, 1.807) is 18.2 Å². The van der Waals surface area contributed by atoms with Gasteiger partial charge in [-0.1, -0.05) is 30.3 Å². The standard InChI is InChI=1S/C22H24N4O2/c23-14-18-4-1-2-6-20(18)16-7-9-17(10-8-16)22(28)25-11-13-26-12-3-5-19(15-26)21(24)27/h1-2,4,6-10,19H,3,5,11-13,15H2,(H2,24,27)(H,25,28)/t19-/m1/s1. The molecule has 144 valence electrons. The van der Waals surface area contributed by atoms with E-state index >= 15 is 0 Å². The van der Waals surface area contributed by atoms with Crippen molar-refractivity contribution in [1.29, 1.82) is 5.26 Å². The molecule has 0 saturated carbocycles. The fourth-order valence-electron chi connectivity index (χ4n) is 3.55. The first-order valence-corrected chi connectivity index (χ1v) is 9.48. The van der Waals surface area contributed by atoms with E-state index in [2.05, 4.69) is 16.3 Å². The highest BCUT2D eigenvalue weighted by atomic mass is 16.2. The van der Waals surface area contributed by atoms with E-state index in [-0.39, 0.29) is 17.7 Å². The molecule has 0 bridgehead atoms. The molecule has 2 aromatic rings. The molecule has 1 aliphatic heterocycles. The summed E-state index contributed by atoms with van der Waals surface area (Å²) < 4.78 is 0. The summed E-state index contributed by atoms with van der Waals surface area (Å²) in [5.74, 6) is -0.469. The Kier molecular flexibility index (Phi) is 6.41. The Balaban J connectivity index is 1.54. The molecule has 0 aliphatic carbocycles. The van der Waals surface area contributed by atoms with E-state index in [1.165, 1.54) is 0 Å². The third-order valence-corrected chi connectivity index (χ3v) is 5.13. The van der Waals surface area contributed by atoms with Crippen LogP contribution in [0.5, 0.6) is 0 Å². The Hall–Kier alpha value is -3.17. The molecule has 1 aliphatic rings. The molecule has 1 heterocycles. The molecule has 0 aromatic heterocycles. The summed E-state index contributed by atoms with van der Waals surface area (Å²) in [6.45, 7) is 2.80. The summed E-state index contributed by atoms with van der Waals surface area (Å²) in [4.78, 5) is 25.9. The molecular weight excluding hydrogens is 352 g/mol. The van der Waals surface area contributed by atoms with Gasteiger partial charge in [-0.25, -0.2) is 0 Å². The Labute approximate surface area is 164 Å². The topological polar surface area (TPSA) is 99.2 Å². The van der Waals surface area contributed by atoms with Crippen LogP contribution in [-0.4, -0.2) is 42.9 Å². The average molecular weight is 376 g/mol. The highest BCUT2D eigenvalue weighted by molar-refractivity contribution is 5.94. The van der Waals surface area contributed by atoms with E-state index in [9.17, 15) is 14.9 Å². The predicted molar refractivity (Wildman–Crippen MR) is 107 cm³/mol. The summed E-state index contributed by atoms with van der Waals surface area (Å²) in [6.07, 6.45) is 1.80. The lowest BCUT2D eigenvalue weighted by Crippen LogP contribution is -2.44. The van der Waals surface area contributed by atoms with Gasteiger partial charge in [0.05, 0.1) is 17.6 Å². The molecule has 1 saturated heterocycles. The first-order valence-electron chi connectivity index (χ1n) is 9.48. The van der Waals surface area contributed by atoms with Crippen LogP contribution >= 0.6 is 0 Å². The van der Waals surface area contributed by atoms with Crippen LogP contribution in [0.2, 0.25) is 0 Å². The number of hydrogen-bond donors (Lipinski definition) is 2. The SMILES string of the molecule is N#Cc1ccccc1-c1ccc(C(=O)NCCN2CCC[C@@H](C(N)=O)C2)cc1. The lowest BCUT2D eigenvalue weighted by Gasteiger charge is -2.31. The van der Waals surface area contributed by atoms with Crippen LogP contribution in [0.1, 0.15) is 28.8 Å². The minimum Gasteiger partial charge on any atom is -0.369 e. The summed E-state index contributed by atoms with van der Waals surface area (Å²) in [6, 6.07) is 16.8. The number of carbonyl (C=O) groups excluding carboxylic acids is 2. The number of carbonyl (C=O) groups is 2. The van der Waals surface area contributed by atoms with Crippen molar-refractivity contribution in [3.63, 3.8) is 0 Å². The van der Waals surface area contributed by atoms with Gasteiger partial charge in [0.15, 0.2) is 0 Å². The number of rotatable bonds is 6. The summed E-state index contributed by atoms with van der Waals surface area (Å²) in [7, 11) is 0. The van der Waals surface area contributed by atoms with Crippen LogP contribution in [0.4, 0.5) is 0 Å². The maximum atomic E-state index is 12.4. The number of hydrogen-bond acceptors (Lipinski definition) is 4. The Morgan fingerprint density at radius 2 is 1.93 bits per heavy atom. The average Bonchev–Trinajstić information content (AvgIpc) is 2.74. The maximum absolute atomic E-state index is 12.4. The van der Waals surface area contributed by atoms with E-state index in [0.717, 1.165) is 30.5 Å². The normalized spacial score (nSPS) is 16.9. The number of benzene rings is 2. The minimum atomic E-state index is -0.244. The van der Waals surface area contributed by atoms with Crippen molar-refractivity contribution in [2.75, 3.05) is 26.2 Å². The third-order valence-electron chi connectivity index (χ3n) is 5.13. The molecule has 3 rings (SSSR count). The molecule has 6 heteroatoms. The quantitative estimate of drug-likeness (QED) is 0.807. The molecule has 0 unspecified atom stereocenters. The number of primary amides is 1. The van der Waals surface area contributed by atoms with E-state index in [1.807, 2.05) is 30.3 Å². The summed E-state index contributed by atoms with van der Waals surface area (Å²) in [5.41, 5.74) is 8.34. The second kappa shape index (κ2) is 9.16. The zero-order valence-electron chi connectivity index (χ0n) is 15.7. The number of nitrogens with one attached hydrogen (secondary N) is 1. The highest BCUT2D eigenvalue weighted by Crippen LogP contribution is 2.23. The van der Waals surface area contributed by atoms with Gasteiger partial charge in [-0.3, -0.25) is 9.59 Å². The number of nitriles is 1. The molecule has 0 spiro atoms. The Bertz CT molecular complexity index is 886. The summed E-state index contributed by atoms with van der Waals surface area (Å²) >= 11 is 0. The first kappa shape index (κ1) is 19.6. The largest absolute Gasteiger partial charge is 0.369 e. The third kappa shape index (κ3) is 4.76. The molecule has 3 N–H and O–H groups in total. The predicted octanol–water partition coefficient (Wildman–Crippen LogP) is 2.15. The molecule has 1 fully saturated rings. The van der Waals surface area contributed by atoms with Crippen LogP contribution in [-0.2, 0) is 4.79 Å². The van der Waals surface area contributed by atoms with Crippen molar-refractivity contribution in [3.05, 3.63) is 59.7 Å². The van der Waals surface area contributed by atoms with E-state index in [0.29, 0.717) is 30.8 Å². The zero-order chi connectivity index (χ0) is 19.9. The van der Waals surface area contributed by atoms with Crippen LogP contribution < -0.4 is 11.1 Å². The lowest BCUT2D eigenvalue weighted by atomic mass is 9.97. The molecular formula is C22H24N4O2. The highest BCUT2D eigenvalue weighted by Gasteiger charge is 2.23. The number of likely N-dealkylation sites (tertiary alicyclic amines) is 1. The van der Waals surface area contributed by atoms with Crippen molar-refractivity contribution in [2.24, 2.45) is 11.7 Å². The van der Waals surface area contributed by atoms with E-state index < -0.39 is 0 Å². The van der Waals surface area contributed by atoms with Gasteiger partial charge in [0.2, 0.25) is 5.91 Å². The minimum absolute atomic E-state index is 0.0896. The second-order valence-electron chi connectivity index (χ2n) is 7.03. The number of nitrogens with two attached hydrogens (primary N) is 1. The zero-order valence-corrected chi connectivity index (χ0v) is 15.7. The van der Waals surface area contributed by atoms with E-state index in [4.69, 9.17) is 5.73 Å².